The van der Waals surface area contributed by atoms with Crippen molar-refractivity contribution in [1.82, 2.24) is 0 Å². The highest BCUT2D eigenvalue weighted by atomic mass is 32.2. The molecule has 1 aliphatic heterocycles. The molecule has 1 heterocycles. The molecule has 2 N–H and O–H groups in total. The highest BCUT2D eigenvalue weighted by Gasteiger charge is 2.18. The number of benzene rings is 1. The SMILES string of the molecule is Cc1cc(F)ccc1C(N)CC1CCSCC1. The van der Waals surface area contributed by atoms with Crippen LogP contribution in [0.5, 0.6) is 0 Å². The van der Waals surface area contributed by atoms with Gasteiger partial charge in [0.2, 0.25) is 0 Å². The van der Waals surface area contributed by atoms with E-state index in [-0.39, 0.29) is 11.9 Å². The maximum Gasteiger partial charge on any atom is 0.123 e. The lowest BCUT2D eigenvalue weighted by Gasteiger charge is -2.25. The average molecular weight is 253 g/mol. The zero-order chi connectivity index (χ0) is 12.3. The first-order valence-corrected chi connectivity index (χ1v) is 7.41. The van der Waals surface area contributed by atoms with Gasteiger partial charge in [-0.1, -0.05) is 6.07 Å². The van der Waals surface area contributed by atoms with Gasteiger partial charge in [0.15, 0.2) is 0 Å². The van der Waals surface area contributed by atoms with Crippen LogP contribution >= 0.6 is 11.8 Å². The second-order valence-corrected chi connectivity index (χ2v) is 6.12. The molecule has 1 unspecified atom stereocenters. The number of rotatable bonds is 3. The third-order valence-corrected chi connectivity index (χ3v) is 4.61. The Morgan fingerprint density at radius 3 is 2.76 bits per heavy atom. The maximum absolute atomic E-state index is 13.0. The van der Waals surface area contributed by atoms with Crippen LogP contribution in [0.2, 0.25) is 0 Å². The van der Waals surface area contributed by atoms with E-state index in [1.807, 2.05) is 24.8 Å². The van der Waals surface area contributed by atoms with Crippen molar-refractivity contribution in [2.75, 3.05) is 11.5 Å². The van der Waals surface area contributed by atoms with Gasteiger partial charge in [-0.15, -0.1) is 0 Å². The van der Waals surface area contributed by atoms with Crippen LogP contribution in [-0.2, 0) is 0 Å². The monoisotopic (exact) mass is 253 g/mol. The Labute approximate surface area is 107 Å². The molecule has 0 bridgehead atoms. The summed E-state index contributed by atoms with van der Waals surface area (Å²) in [7, 11) is 0. The molecule has 0 amide bonds. The van der Waals surface area contributed by atoms with Gasteiger partial charge in [0.1, 0.15) is 5.82 Å². The largest absolute Gasteiger partial charge is 0.324 e. The van der Waals surface area contributed by atoms with Crippen LogP contribution in [0, 0.1) is 18.7 Å². The van der Waals surface area contributed by atoms with E-state index in [2.05, 4.69) is 0 Å². The molecule has 1 aromatic rings. The van der Waals surface area contributed by atoms with E-state index < -0.39 is 0 Å². The number of hydrogen-bond acceptors (Lipinski definition) is 2. The quantitative estimate of drug-likeness (QED) is 0.889. The first-order chi connectivity index (χ1) is 8.16. The molecule has 1 fully saturated rings. The number of nitrogens with two attached hydrogens (primary N) is 1. The summed E-state index contributed by atoms with van der Waals surface area (Å²) in [6.45, 7) is 1.94. The maximum atomic E-state index is 13.0. The van der Waals surface area contributed by atoms with Gasteiger partial charge in [0.05, 0.1) is 0 Å². The molecule has 0 aromatic heterocycles. The number of halogens is 1. The van der Waals surface area contributed by atoms with Gasteiger partial charge in [0, 0.05) is 6.04 Å². The first-order valence-electron chi connectivity index (χ1n) is 6.26. The molecule has 0 aliphatic carbocycles. The third kappa shape index (κ3) is 3.46. The molecule has 1 aliphatic rings. The molecule has 1 aromatic carbocycles. The third-order valence-electron chi connectivity index (χ3n) is 3.56. The molecular weight excluding hydrogens is 233 g/mol. The smallest absolute Gasteiger partial charge is 0.123 e. The Bertz CT molecular complexity index is 374. The lowest BCUT2D eigenvalue weighted by atomic mass is 9.89. The van der Waals surface area contributed by atoms with Gasteiger partial charge in [-0.3, -0.25) is 0 Å². The van der Waals surface area contributed by atoms with Crippen molar-refractivity contribution < 1.29 is 4.39 Å². The fourth-order valence-corrected chi connectivity index (χ4v) is 3.73. The van der Waals surface area contributed by atoms with Crippen LogP contribution in [0.3, 0.4) is 0 Å². The topological polar surface area (TPSA) is 26.0 Å². The summed E-state index contributed by atoms with van der Waals surface area (Å²) in [6, 6.07) is 4.99. The molecule has 0 saturated carbocycles. The van der Waals surface area contributed by atoms with E-state index in [9.17, 15) is 4.39 Å². The predicted molar refractivity (Wildman–Crippen MR) is 72.7 cm³/mol. The second kappa shape index (κ2) is 5.87. The van der Waals surface area contributed by atoms with Crippen molar-refractivity contribution in [1.29, 1.82) is 0 Å². The first kappa shape index (κ1) is 12.9. The zero-order valence-electron chi connectivity index (χ0n) is 10.3. The highest BCUT2D eigenvalue weighted by molar-refractivity contribution is 7.99. The lowest BCUT2D eigenvalue weighted by Crippen LogP contribution is -2.19. The van der Waals surface area contributed by atoms with Crippen molar-refractivity contribution >= 4 is 11.8 Å². The summed E-state index contributed by atoms with van der Waals surface area (Å²) in [4.78, 5) is 0. The van der Waals surface area contributed by atoms with E-state index in [4.69, 9.17) is 5.73 Å². The minimum Gasteiger partial charge on any atom is -0.324 e. The fraction of sp³-hybridized carbons (Fsp3) is 0.571. The van der Waals surface area contributed by atoms with Crippen molar-refractivity contribution in [3.8, 4) is 0 Å². The van der Waals surface area contributed by atoms with Gasteiger partial charge in [-0.05, 0) is 66.9 Å². The molecule has 17 heavy (non-hydrogen) atoms. The van der Waals surface area contributed by atoms with Crippen molar-refractivity contribution in [2.24, 2.45) is 11.7 Å². The van der Waals surface area contributed by atoms with Crippen LogP contribution in [0.15, 0.2) is 18.2 Å². The van der Waals surface area contributed by atoms with Gasteiger partial charge >= 0.3 is 0 Å². The molecule has 0 radical (unpaired) electrons. The Kier molecular flexibility index (Phi) is 4.46. The van der Waals surface area contributed by atoms with Gasteiger partial charge in [-0.25, -0.2) is 4.39 Å². The molecule has 1 atom stereocenters. The van der Waals surface area contributed by atoms with E-state index in [1.54, 1.807) is 6.07 Å². The molecule has 3 heteroatoms. The average Bonchev–Trinajstić information content (AvgIpc) is 2.30. The van der Waals surface area contributed by atoms with E-state index >= 15 is 0 Å². The van der Waals surface area contributed by atoms with E-state index in [0.717, 1.165) is 23.5 Å². The van der Waals surface area contributed by atoms with E-state index in [0.29, 0.717) is 0 Å². The Morgan fingerprint density at radius 1 is 1.41 bits per heavy atom. The van der Waals surface area contributed by atoms with Crippen molar-refractivity contribution in [3.05, 3.63) is 35.1 Å². The molecule has 1 saturated heterocycles. The van der Waals surface area contributed by atoms with Gasteiger partial charge in [-0.2, -0.15) is 11.8 Å². The molecule has 0 spiro atoms. The van der Waals surface area contributed by atoms with Crippen molar-refractivity contribution in [2.45, 2.75) is 32.2 Å². The molecule has 94 valence electrons. The standard InChI is InChI=1S/C14H20FNS/c1-10-8-12(15)2-3-13(10)14(16)9-11-4-6-17-7-5-11/h2-3,8,11,14H,4-7,9,16H2,1H3. The molecular formula is C14H20FNS. The minimum atomic E-state index is -0.174. The molecule has 1 nitrogen and oxygen atoms in total. The van der Waals surface area contributed by atoms with Gasteiger partial charge in [0.25, 0.3) is 0 Å². The van der Waals surface area contributed by atoms with Crippen molar-refractivity contribution in [3.63, 3.8) is 0 Å². The Morgan fingerprint density at radius 2 is 2.12 bits per heavy atom. The lowest BCUT2D eigenvalue weighted by molar-refractivity contribution is 0.412. The summed E-state index contributed by atoms with van der Waals surface area (Å²) in [5.41, 5.74) is 8.32. The highest BCUT2D eigenvalue weighted by Crippen LogP contribution is 2.30. The van der Waals surface area contributed by atoms with Crippen LogP contribution in [-0.4, -0.2) is 11.5 Å². The predicted octanol–water partition coefficient (Wildman–Crippen LogP) is 3.67. The van der Waals surface area contributed by atoms with Crippen LogP contribution in [0.4, 0.5) is 4.39 Å². The normalized spacial score (nSPS) is 19.2. The second-order valence-electron chi connectivity index (χ2n) is 4.90. The number of aryl methyl sites for hydroxylation is 1. The summed E-state index contributed by atoms with van der Waals surface area (Å²) in [5.74, 6) is 3.10. The summed E-state index contributed by atoms with van der Waals surface area (Å²) < 4.78 is 13.0. The summed E-state index contributed by atoms with van der Waals surface area (Å²) >= 11 is 2.04. The molecule has 2 rings (SSSR count). The summed E-state index contributed by atoms with van der Waals surface area (Å²) in [5, 5.41) is 0. The zero-order valence-corrected chi connectivity index (χ0v) is 11.1. The number of thioether (sulfide) groups is 1. The Balaban J connectivity index is 2.00. The van der Waals surface area contributed by atoms with E-state index in [1.165, 1.54) is 30.4 Å². The van der Waals surface area contributed by atoms with Crippen LogP contribution in [0.25, 0.3) is 0 Å². The Hall–Kier alpha value is -0.540. The van der Waals surface area contributed by atoms with Crippen LogP contribution in [0.1, 0.15) is 36.4 Å². The fourth-order valence-electron chi connectivity index (χ4n) is 2.52. The van der Waals surface area contributed by atoms with Gasteiger partial charge < -0.3 is 5.73 Å². The van der Waals surface area contributed by atoms with Crippen LogP contribution < -0.4 is 5.73 Å². The number of hydrogen-bond donors (Lipinski definition) is 1. The summed E-state index contributed by atoms with van der Waals surface area (Å²) in [6.07, 6.45) is 3.59. The minimum absolute atomic E-state index is 0.0590.